The van der Waals surface area contributed by atoms with Gasteiger partial charge in [0.05, 0.1) is 6.54 Å². The Morgan fingerprint density at radius 1 is 1.38 bits per heavy atom. The van der Waals surface area contributed by atoms with Gasteiger partial charge in [0.2, 0.25) is 0 Å². The van der Waals surface area contributed by atoms with E-state index in [0.29, 0.717) is 0 Å². The molecule has 4 heteroatoms. The van der Waals surface area contributed by atoms with E-state index in [4.69, 9.17) is 0 Å². The number of rotatable bonds is 3. The highest BCUT2D eigenvalue weighted by molar-refractivity contribution is 7.11. The summed E-state index contributed by atoms with van der Waals surface area (Å²) in [6.45, 7) is 3.01. The van der Waals surface area contributed by atoms with Crippen LogP contribution >= 0.6 is 11.3 Å². The Bertz CT molecular complexity index is 364. The second kappa shape index (κ2) is 3.70. The van der Waals surface area contributed by atoms with Gasteiger partial charge in [-0.15, -0.1) is 11.3 Å². The molecule has 0 unspecified atom stereocenters. The Morgan fingerprint density at radius 3 is 2.85 bits per heavy atom. The average molecular weight is 193 g/mol. The molecule has 0 fully saturated rings. The fourth-order valence-corrected chi connectivity index (χ4v) is 2.12. The molecule has 0 N–H and O–H groups in total. The summed E-state index contributed by atoms with van der Waals surface area (Å²) in [6.07, 6.45) is 4.42. The van der Waals surface area contributed by atoms with Gasteiger partial charge in [-0.1, -0.05) is 6.92 Å². The topological polar surface area (TPSA) is 30.7 Å². The minimum absolute atomic E-state index is 0.838. The Balaban J connectivity index is 2.10. The molecule has 2 aromatic heterocycles. The fraction of sp³-hybridized carbons (Fsp3) is 0.333. The van der Waals surface area contributed by atoms with Gasteiger partial charge in [-0.25, -0.2) is 9.67 Å². The standard InChI is InChI=1S/C9H11N3S/c1-2-8-3-4-9(13-8)5-12-7-10-6-11-12/h3-4,6-7H,2,5H2,1H3. The molecular formula is C9H11N3S. The van der Waals surface area contributed by atoms with Crippen LogP contribution in [0.4, 0.5) is 0 Å². The van der Waals surface area contributed by atoms with E-state index in [1.54, 1.807) is 12.7 Å². The average Bonchev–Trinajstić information content (AvgIpc) is 2.76. The highest BCUT2D eigenvalue weighted by Crippen LogP contribution is 2.17. The monoisotopic (exact) mass is 193 g/mol. The first-order chi connectivity index (χ1) is 6.38. The Kier molecular flexibility index (Phi) is 2.40. The van der Waals surface area contributed by atoms with E-state index in [1.165, 1.54) is 9.75 Å². The third-order valence-electron chi connectivity index (χ3n) is 1.85. The van der Waals surface area contributed by atoms with E-state index >= 15 is 0 Å². The first-order valence-electron chi connectivity index (χ1n) is 4.28. The van der Waals surface area contributed by atoms with Gasteiger partial charge in [-0.2, -0.15) is 5.10 Å². The predicted molar refractivity (Wildman–Crippen MR) is 52.8 cm³/mol. The summed E-state index contributed by atoms with van der Waals surface area (Å²) in [4.78, 5) is 6.66. The molecular weight excluding hydrogens is 182 g/mol. The molecule has 0 bridgehead atoms. The lowest BCUT2D eigenvalue weighted by atomic mass is 10.4. The number of hydrogen-bond acceptors (Lipinski definition) is 3. The van der Waals surface area contributed by atoms with Crippen molar-refractivity contribution in [2.45, 2.75) is 19.9 Å². The zero-order valence-corrected chi connectivity index (χ0v) is 8.29. The van der Waals surface area contributed by atoms with Crippen molar-refractivity contribution in [2.75, 3.05) is 0 Å². The molecule has 0 saturated heterocycles. The summed E-state index contributed by atoms with van der Waals surface area (Å²) in [7, 11) is 0. The van der Waals surface area contributed by atoms with E-state index in [1.807, 2.05) is 16.0 Å². The first-order valence-corrected chi connectivity index (χ1v) is 5.10. The molecule has 68 valence electrons. The van der Waals surface area contributed by atoms with Crippen molar-refractivity contribution in [3.8, 4) is 0 Å². The van der Waals surface area contributed by atoms with Crippen LogP contribution in [0.25, 0.3) is 0 Å². The van der Waals surface area contributed by atoms with Crippen LogP contribution in [0.3, 0.4) is 0 Å². The van der Waals surface area contributed by atoms with E-state index in [2.05, 4.69) is 29.1 Å². The van der Waals surface area contributed by atoms with Gasteiger partial charge in [-0.05, 0) is 18.6 Å². The lowest BCUT2D eigenvalue weighted by Gasteiger charge is -1.95. The lowest BCUT2D eigenvalue weighted by molar-refractivity contribution is 0.693. The van der Waals surface area contributed by atoms with Crippen molar-refractivity contribution in [1.82, 2.24) is 14.8 Å². The summed E-state index contributed by atoms with van der Waals surface area (Å²) in [5, 5.41) is 4.06. The molecule has 0 aliphatic rings. The molecule has 0 atom stereocenters. The molecule has 0 aromatic carbocycles. The van der Waals surface area contributed by atoms with Crippen LogP contribution in [0.5, 0.6) is 0 Å². The maximum Gasteiger partial charge on any atom is 0.137 e. The second-order valence-corrected chi connectivity index (χ2v) is 4.07. The van der Waals surface area contributed by atoms with Crippen LogP contribution < -0.4 is 0 Å². The number of aryl methyl sites for hydroxylation is 1. The molecule has 0 aliphatic carbocycles. The summed E-state index contributed by atoms with van der Waals surface area (Å²) >= 11 is 1.84. The van der Waals surface area contributed by atoms with Crippen LogP contribution in [0.1, 0.15) is 16.7 Å². The number of hydrogen-bond donors (Lipinski definition) is 0. The summed E-state index contributed by atoms with van der Waals surface area (Å²) in [5.74, 6) is 0. The molecule has 0 aliphatic heterocycles. The van der Waals surface area contributed by atoms with Crippen LogP contribution in [-0.2, 0) is 13.0 Å². The van der Waals surface area contributed by atoms with E-state index in [0.717, 1.165) is 13.0 Å². The van der Waals surface area contributed by atoms with Gasteiger partial charge in [-0.3, -0.25) is 0 Å². The first kappa shape index (κ1) is 8.44. The zero-order valence-electron chi connectivity index (χ0n) is 7.47. The lowest BCUT2D eigenvalue weighted by Crippen LogP contribution is -1.97. The van der Waals surface area contributed by atoms with Gasteiger partial charge < -0.3 is 0 Å². The molecule has 2 heterocycles. The minimum atomic E-state index is 0.838. The van der Waals surface area contributed by atoms with Crippen LogP contribution in [-0.4, -0.2) is 14.8 Å². The number of thiophene rings is 1. The third kappa shape index (κ3) is 1.95. The van der Waals surface area contributed by atoms with Crippen molar-refractivity contribution < 1.29 is 0 Å². The van der Waals surface area contributed by atoms with Gasteiger partial charge in [0.1, 0.15) is 12.7 Å². The van der Waals surface area contributed by atoms with Crippen molar-refractivity contribution in [3.05, 3.63) is 34.5 Å². The number of aromatic nitrogens is 3. The Morgan fingerprint density at radius 2 is 2.23 bits per heavy atom. The smallest absolute Gasteiger partial charge is 0.137 e. The highest BCUT2D eigenvalue weighted by atomic mass is 32.1. The van der Waals surface area contributed by atoms with Crippen molar-refractivity contribution >= 4 is 11.3 Å². The molecule has 2 rings (SSSR count). The SMILES string of the molecule is CCc1ccc(Cn2cncn2)s1. The third-order valence-corrected chi connectivity index (χ3v) is 3.06. The van der Waals surface area contributed by atoms with Gasteiger partial charge in [0.25, 0.3) is 0 Å². The van der Waals surface area contributed by atoms with E-state index < -0.39 is 0 Å². The van der Waals surface area contributed by atoms with Crippen molar-refractivity contribution in [2.24, 2.45) is 0 Å². The summed E-state index contributed by atoms with van der Waals surface area (Å²) < 4.78 is 1.84. The fourth-order valence-electron chi connectivity index (χ4n) is 1.17. The maximum atomic E-state index is 4.06. The molecule has 0 radical (unpaired) electrons. The Labute approximate surface area is 81.1 Å². The van der Waals surface area contributed by atoms with Crippen LogP contribution in [0.2, 0.25) is 0 Å². The molecule has 2 aromatic rings. The molecule has 0 saturated carbocycles. The quantitative estimate of drug-likeness (QED) is 0.746. The van der Waals surface area contributed by atoms with E-state index in [-0.39, 0.29) is 0 Å². The van der Waals surface area contributed by atoms with Crippen molar-refractivity contribution in [3.63, 3.8) is 0 Å². The maximum absolute atomic E-state index is 4.06. The minimum Gasteiger partial charge on any atom is -0.248 e. The highest BCUT2D eigenvalue weighted by Gasteiger charge is 1.99. The Hall–Kier alpha value is -1.16. The van der Waals surface area contributed by atoms with Crippen molar-refractivity contribution in [1.29, 1.82) is 0 Å². The van der Waals surface area contributed by atoms with Gasteiger partial charge >= 0.3 is 0 Å². The summed E-state index contributed by atoms with van der Waals surface area (Å²) in [6, 6.07) is 4.34. The van der Waals surface area contributed by atoms with Crippen LogP contribution in [0, 0.1) is 0 Å². The van der Waals surface area contributed by atoms with Gasteiger partial charge in [0, 0.05) is 9.75 Å². The molecule has 3 nitrogen and oxygen atoms in total. The normalized spacial score (nSPS) is 10.5. The van der Waals surface area contributed by atoms with Gasteiger partial charge in [0.15, 0.2) is 0 Å². The molecule has 13 heavy (non-hydrogen) atoms. The second-order valence-electron chi connectivity index (χ2n) is 2.81. The largest absolute Gasteiger partial charge is 0.248 e. The predicted octanol–water partition coefficient (Wildman–Crippen LogP) is 1.95. The molecule has 0 spiro atoms. The van der Waals surface area contributed by atoms with Crippen LogP contribution in [0.15, 0.2) is 24.8 Å². The summed E-state index contributed by atoms with van der Waals surface area (Å²) in [5.41, 5.74) is 0. The molecule has 0 amide bonds. The van der Waals surface area contributed by atoms with E-state index in [9.17, 15) is 0 Å². The number of nitrogens with zero attached hydrogens (tertiary/aromatic N) is 3. The zero-order chi connectivity index (χ0) is 9.10.